The molecule has 0 aliphatic heterocycles. The van der Waals surface area contributed by atoms with E-state index in [4.69, 9.17) is 15.3 Å². The minimum atomic E-state index is -1.87. The van der Waals surface area contributed by atoms with Crippen molar-refractivity contribution in [2.24, 2.45) is 5.92 Å². The van der Waals surface area contributed by atoms with Crippen LogP contribution >= 0.6 is 0 Å². The van der Waals surface area contributed by atoms with Crippen LogP contribution in [0.2, 0.25) is 0 Å². The molecule has 0 saturated heterocycles. The van der Waals surface area contributed by atoms with E-state index >= 15 is 0 Å². The van der Waals surface area contributed by atoms with E-state index in [0.29, 0.717) is 0 Å². The summed E-state index contributed by atoms with van der Waals surface area (Å²) in [5.74, 6) is -4.20. The minimum absolute atomic E-state index is 0.0667. The Bertz CT molecular complexity index is 198. The van der Waals surface area contributed by atoms with Gasteiger partial charge in [0, 0.05) is 0 Å². The fraction of sp³-hybridized carbons (Fsp3) is 0.429. The number of aliphatic hydroxyl groups is 1. The van der Waals surface area contributed by atoms with Gasteiger partial charge in [0.25, 0.3) is 0 Å². The third kappa shape index (κ3) is 2.71. The highest BCUT2D eigenvalue weighted by atomic mass is 16.4. The molecule has 5 nitrogen and oxygen atoms in total. The van der Waals surface area contributed by atoms with Crippen molar-refractivity contribution in [3.8, 4) is 0 Å². The lowest BCUT2D eigenvalue weighted by atomic mass is 9.99. The number of aliphatic carboxylic acids is 2. The van der Waals surface area contributed by atoms with Crippen LogP contribution in [0.5, 0.6) is 0 Å². The molecule has 0 aromatic heterocycles. The molecule has 0 radical (unpaired) electrons. The third-order valence-corrected chi connectivity index (χ3v) is 1.37. The van der Waals surface area contributed by atoms with Gasteiger partial charge in [-0.15, -0.1) is 6.58 Å². The van der Waals surface area contributed by atoms with Crippen molar-refractivity contribution >= 4 is 11.9 Å². The number of carbonyl (C=O) groups is 2. The SMILES string of the molecule is C=CC[C@H](C(=O)O)[C@@H](O)C(=O)O. The van der Waals surface area contributed by atoms with Gasteiger partial charge in [-0.1, -0.05) is 6.08 Å². The average Bonchev–Trinajstić information content (AvgIpc) is 1.98. The van der Waals surface area contributed by atoms with Gasteiger partial charge in [0.15, 0.2) is 6.10 Å². The predicted octanol–water partition coefficient (Wildman–Crippen LogP) is -0.291. The van der Waals surface area contributed by atoms with Crippen LogP contribution in [0.4, 0.5) is 0 Å². The van der Waals surface area contributed by atoms with Crippen molar-refractivity contribution in [1.82, 2.24) is 0 Å². The number of hydrogen-bond acceptors (Lipinski definition) is 3. The van der Waals surface area contributed by atoms with Crippen molar-refractivity contribution in [2.45, 2.75) is 12.5 Å². The van der Waals surface area contributed by atoms with E-state index in [0.717, 1.165) is 0 Å². The van der Waals surface area contributed by atoms with E-state index in [1.165, 1.54) is 6.08 Å². The summed E-state index contributed by atoms with van der Waals surface area (Å²) in [4.78, 5) is 20.5. The quantitative estimate of drug-likeness (QED) is 0.498. The Morgan fingerprint density at radius 3 is 2.08 bits per heavy atom. The first-order valence-electron chi connectivity index (χ1n) is 3.25. The maximum absolute atomic E-state index is 10.4. The topological polar surface area (TPSA) is 94.8 Å². The molecule has 0 bridgehead atoms. The zero-order valence-electron chi connectivity index (χ0n) is 6.30. The summed E-state index contributed by atoms with van der Waals surface area (Å²) in [7, 11) is 0. The van der Waals surface area contributed by atoms with Crippen LogP contribution in [0.15, 0.2) is 12.7 Å². The Labute approximate surface area is 68.9 Å². The molecule has 0 spiro atoms. The Morgan fingerprint density at radius 1 is 1.33 bits per heavy atom. The van der Waals surface area contributed by atoms with Crippen molar-refractivity contribution in [3.63, 3.8) is 0 Å². The van der Waals surface area contributed by atoms with Gasteiger partial charge in [-0.25, -0.2) is 4.79 Å². The average molecular weight is 174 g/mol. The lowest BCUT2D eigenvalue weighted by Crippen LogP contribution is -2.34. The highest BCUT2D eigenvalue weighted by Crippen LogP contribution is 2.10. The number of allylic oxidation sites excluding steroid dienone is 1. The molecule has 0 aliphatic carbocycles. The molecule has 0 amide bonds. The van der Waals surface area contributed by atoms with Crippen LogP contribution in [0.1, 0.15) is 6.42 Å². The van der Waals surface area contributed by atoms with Crippen LogP contribution < -0.4 is 0 Å². The van der Waals surface area contributed by atoms with Crippen LogP contribution in [-0.2, 0) is 9.59 Å². The van der Waals surface area contributed by atoms with Gasteiger partial charge in [-0.2, -0.15) is 0 Å². The summed E-state index contributed by atoms with van der Waals surface area (Å²) < 4.78 is 0. The number of carboxylic acids is 2. The highest BCUT2D eigenvalue weighted by Gasteiger charge is 2.30. The second-order valence-corrected chi connectivity index (χ2v) is 2.25. The lowest BCUT2D eigenvalue weighted by Gasteiger charge is -2.12. The summed E-state index contributed by atoms with van der Waals surface area (Å²) in [6.07, 6.45) is -0.686. The number of rotatable bonds is 5. The minimum Gasteiger partial charge on any atom is -0.481 e. The van der Waals surface area contributed by atoms with E-state index in [1.807, 2.05) is 0 Å². The van der Waals surface area contributed by atoms with Gasteiger partial charge in [0.05, 0.1) is 5.92 Å². The van der Waals surface area contributed by atoms with Gasteiger partial charge in [0.2, 0.25) is 0 Å². The molecule has 0 saturated carbocycles. The van der Waals surface area contributed by atoms with Gasteiger partial charge in [0.1, 0.15) is 0 Å². The first-order chi connectivity index (χ1) is 5.50. The number of carboxylic acid groups (broad SMARTS) is 2. The fourth-order valence-electron chi connectivity index (χ4n) is 0.716. The van der Waals surface area contributed by atoms with E-state index in [9.17, 15) is 9.59 Å². The molecular formula is C7H10O5. The summed E-state index contributed by atoms with van der Waals surface area (Å²) in [6, 6.07) is 0. The molecule has 68 valence electrons. The normalized spacial score (nSPS) is 14.8. The third-order valence-electron chi connectivity index (χ3n) is 1.37. The van der Waals surface area contributed by atoms with Crippen molar-refractivity contribution in [3.05, 3.63) is 12.7 Å². The molecule has 12 heavy (non-hydrogen) atoms. The van der Waals surface area contributed by atoms with Crippen LogP contribution in [0.3, 0.4) is 0 Å². The monoisotopic (exact) mass is 174 g/mol. The van der Waals surface area contributed by atoms with E-state index in [-0.39, 0.29) is 6.42 Å². The van der Waals surface area contributed by atoms with Crippen molar-refractivity contribution < 1.29 is 24.9 Å². The predicted molar refractivity (Wildman–Crippen MR) is 39.6 cm³/mol. The summed E-state index contributed by atoms with van der Waals surface area (Å²) >= 11 is 0. The fourth-order valence-corrected chi connectivity index (χ4v) is 0.716. The van der Waals surface area contributed by atoms with E-state index < -0.39 is 24.0 Å². The van der Waals surface area contributed by atoms with Gasteiger partial charge >= 0.3 is 11.9 Å². The molecule has 0 fully saturated rings. The summed E-state index contributed by atoms with van der Waals surface area (Å²) in [5, 5.41) is 25.6. The molecule has 0 unspecified atom stereocenters. The van der Waals surface area contributed by atoms with Gasteiger partial charge in [-0.3, -0.25) is 4.79 Å². The highest BCUT2D eigenvalue weighted by molar-refractivity contribution is 5.81. The molecule has 2 atom stereocenters. The van der Waals surface area contributed by atoms with Crippen LogP contribution in [0, 0.1) is 5.92 Å². The van der Waals surface area contributed by atoms with E-state index in [1.54, 1.807) is 0 Å². The largest absolute Gasteiger partial charge is 0.481 e. The van der Waals surface area contributed by atoms with Gasteiger partial charge < -0.3 is 15.3 Å². The first kappa shape index (κ1) is 10.6. The van der Waals surface area contributed by atoms with Gasteiger partial charge in [-0.05, 0) is 6.42 Å². The molecular weight excluding hydrogens is 164 g/mol. The van der Waals surface area contributed by atoms with Crippen LogP contribution in [-0.4, -0.2) is 33.4 Å². The molecule has 0 rings (SSSR count). The molecule has 0 aliphatic rings. The number of hydrogen-bond donors (Lipinski definition) is 3. The standard InChI is InChI=1S/C7H10O5/c1-2-3-4(6(9)10)5(8)7(11)12/h2,4-5,8H,1,3H2,(H,9,10)(H,11,12)/t4-,5+/m0/s1. The zero-order valence-corrected chi connectivity index (χ0v) is 6.30. The second kappa shape index (κ2) is 4.50. The maximum Gasteiger partial charge on any atom is 0.333 e. The molecule has 0 aromatic rings. The van der Waals surface area contributed by atoms with Crippen molar-refractivity contribution in [1.29, 1.82) is 0 Å². The summed E-state index contributed by atoms with van der Waals surface area (Å²) in [6.45, 7) is 3.26. The molecule has 0 heterocycles. The molecule has 3 N–H and O–H groups in total. The Kier molecular flexibility index (Phi) is 3.99. The Hall–Kier alpha value is -1.36. The number of aliphatic hydroxyl groups excluding tert-OH is 1. The van der Waals surface area contributed by atoms with Crippen molar-refractivity contribution in [2.75, 3.05) is 0 Å². The van der Waals surface area contributed by atoms with Crippen LogP contribution in [0.25, 0.3) is 0 Å². The molecule has 5 heteroatoms. The maximum atomic E-state index is 10.4. The molecule has 0 aromatic carbocycles. The van der Waals surface area contributed by atoms with E-state index in [2.05, 4.69) is 6.58 Å². The Morgan fingerprint density at radius 2 is 1.83 bits per heavy atom. The smallest absolute Gasteiger partial charge is 0.333 e. The summed E-state index contributed by atoms with van der Waals surface area (Å²) in [5.41, 5.74) is 0. The lowest BCUT2D eigenvalue weighted by molar-refractivity contribution is -0.159. The first-order valence-corrected chi connectivity index (χ1v) is 3.25. The Balaban J connectivity index is 4.38. The zero-order chi connectivity index (χ0) is 9.72. The second-order valence-electron chi connectivity index (χ2n) is 2.25.